The molecule has 2 aromatic rings. The van der Waals surface area contributed by atoms with E-state index >= 15 is 0 Å². The quantitative estimate of drug-likeness (QED) is 0.431. The molecule has 0 spiro atoms. The van der Waals surface area contributed by atoms with Gasteiger partial charge >= 0.3 is 5.97 Å². The summed E-state index contributed by atoms with van der Waals surface area (Å²) in [5.41, 5.74) is 1.15. The summed E-state index contributed by atoms with van der Waals surface area (Å²) in [6.45, 7) is 0. The Kier molecular flexibility index (Phi) is 6.99. The van der Waals surface area contributed by atoms with E-state index in [4.69, 9.17) is 9.47 Å². The molecule has 0 aromatic heterocycles. The lowest BCUT2D eigenvalue weighted by molar-refractivity contribution is -0.112. The van der Waals surface area contributed by atoms with Crippen LogP contribution in [0.15, 0.2) is 54.2 Å². The van der Waals surface area contributed by atoms with Crippen LogP contribution in [-0.2, 0) is 9.53 Å². The molecule has 8 nitrogen and oxygen atoms in total. The van der Waals surface area contributed by atoms with Crippen LogP contribution in [0.4, 0.5) is 11.4 Å². The SMILES string of the molecule is COC(=O)c1cccc(N/C=C(/C#N)C(=O)Nc2ccc(OC)c(OC)c2)c1. The van der Waals surface area contributed by atoms with Crippen molar-refractivity contribution < 1.29 is 23.8 Å². The van der Waals surface area contributed by atoms with Crippen LogP contribution in [0.2, 0.25) is 0 Å². The summed E-state index contributed by atoms with van der Waals surface area (Å²) in [7, 11) is 4.28. The van der Waals surface area contributed by atoms with E-state index in [-0.39, 0.29) is 5.57 Å². The van der Waals surface area contributed by atoms with E-state index in [2.05, 4.69) is 15.4 Å². The van der Waals surface area contributed by atoms with Crippen molar-refractivity contribution >= 4 is 23.3 Å². The van der Waals surface area contributed by atoms with Gasteiger partial charge in [-0.1, -0.05) is 6.07 Å². The second kappa shape index (κ2) is 9.64. The van der Waals surface area contributed by atoms with Gasteiger partial charge in [0.15, 0.2) is 11.5 Å². The summed E-state index contributed by atoms with van der Waals surface area (Å²) in [6.07, 6.45) is 1.26. The van der Waals surface area contributed by atoms with E-state index in [1.54, 1.807) is 42.5 Å². The van der Waals surface area contributed by atoms with Gasteiger partial charge in [0.1, 0.15) is 11.6 Å². The van der Waals surface area contributed by atoms with E-state index in [1.165, 1.54) is 27.5 Å². The van der Waals surface area contributed by atoms with E-state index in [0.29, 0.717) is 28.4 Å². The minimum absolute atomic E-state index is 0.154. The number of esters is 1. The van der Waals surface area contributed by atoms with E-state index < -0.39 is 11.9 Å². The highest BCUT2D eigenvalue weighted by molar-refractivity contribution is 6.06. The average Bonchev–Trinajstić information content (AvgIpc) is 2.73. The minimum Gasteiger partial charge on any atom is -0.493 e. The first kappa shape index (κ1) is 20.3. The summed E-state index contributed by atoms with van der Waals surface area (Å²) in [6, 6.07) is 13.2. The number of anilines is 2. The molecule has 0 aliphatic carbocycles. The number of nitriles is 1. The number of carbonyl (C=O) groups excluding carboxylic acids is 2. The summed E-state index contributed by atoms with van der Waals surface area (Å²) in [5.74, 6) is -0.130. The van der Waals surface area contributed by atoms with Crippen LogP contribution in [-0.4, -0.2) is 33.2 Å². The van der Waals surface area contributed by atoms with Crippen LogP contribution < -0.4 is 20.1 Å². The zero-order chi connectivity index (χ0) is 20.5. The molecule has 0 saturated heterocycles. The van der Waals surface area contributed by atoms with E-state index in [0.717, 1.165) is 0 Å². The van der Waals surface area contributed by atoms with Gasteiger partial charge in [-0.2, -0.15) is 5.26 Å². The fraction of sp³-hybridized carbons (Fsp3) is 0.150. The van der Waals surface area contributed by atoms with Gasteiger partial charge in [0, 0.05) is 23.6 Å². The first-order valence-corrected chi connectivity index (χ1v) is 8.11. The van der Waals surface area contributed by atoms with Crippen molar-refractivity contribution in [3.8, 4) is 17.6 Å². The molecule has 2 rings (SSSR count). The Morgan fingerprint density at radius 2 is 1.75 bits per heavy atom. The van der Waals surface area contributed by atoms with Gasteiger partial charge < -0.3 is 24.8 Å². The predicted molar refractivity (Wildman–Crippen MR) is 103 cm³/mol. The third kappa shape index (κ3) is 5.02. The second-order valence-electron chi connectivity index (χ2n) is 5.41. The Hall–Kier alpha value is -3.99. The Balaban J connectivity index is 2.13. The summed E-state index contributed by atoms with van der Waals surface area (Å²) >= 11 is 0. The maximum Gasteiger partial charge on any atom is 0.337 e. The summed E-state index contributed by atoms with van der Waals surface area (Å²) in [5, 5.41) is 14.7. The number of hydrogen-bond acceptors (Lipinski definition) is 7. The monoisotopic (exact) mass is 381 g/mol. The third-order valence-corrected chi connectivity index (χ3v) is 3.67. The molecule has 2 N–H and O–H groups in total. The van der Waals surface area contributed by atoms with E-state index in [9.17, 15) is 14.9 Å². The number of hydrogen-bond donors (Lipinski definition) is 2. The molecule has 0 fully saturated rings. The number of methoxy groups -OCH3 is 3. The number of rotatable bonds is 7. The number of nitrogens with one attached hydrogen (secondary N) is 2. The lowest BCUT2D eigenvalue weighted by Gasteiger charge is -2.10. The molecule has 144 valence electrons. The van der Waals surface area contributed by atoms with Gasteiger partial charge in [-0.05, 0) is 30.3 Å². The summed E-state index contributed by atoms with van der Waals surface area (Å²) in [4.78, 5) is 23.9. The molecule has 2 aromatic carbocycles. The standard InChI is InChI=1S/C20H19N3O5/c1-26-17-8-7-16(10-18(17)27-2)23-19(24)14(11-21)12-22-15-6-4-5-13(9-15)20(25)28-3/h4-10,12,22H,1-3H3,(H,23,24)/b14-12-. The van der Waals surface area contributed by atoms with Gasteiger partial charge in [0.2, 0.25) is 0 Å². The number of nitrogens with zero attached hydrogens (tertiary/aromatic N) is 1. The summed E-state index contributed by atoms with van der Waals surface area (Å²) < 4.78 is 15.0. The van der Waals surface area contributed by atoms with Crippen molar-refractivity contribution in [3.05, 3.63) is 59.8 Å². The molecule has 0 atom stereocenters. The molecule has 28 heavy (non-hydrogen) atoms. The molecule has 0 radical (unpaired) electrons. The van der Waals surface area contributed by atoms with Gasteiger partial charge in [-0.25, -0.2) is 4.79 Å². The van der Waals surface area contributed by atoms with Crippen molar-refractivity contribution in [1.29, 1.82) is 5.26 Å². The third-order valence-electron chi connectivity index (χ3n) is 3.67. The number of ether oxygens (including phenoxy) is 3. The topological polar surface area (TPSA) is 110 Å². The maximum absolute atomic E-state index is 12.4. The molecular formula is C20H19N3O5. The Morgan fingerprint density at radius 3 is 2.39 bits per heavy atom. The Labute approximate surface area is 162 Å². The van der Waals surface area contributed by atoms with Crippen molar-refractivity contribution in [2.75, 3.05) is 32.0 Å². The van der Waals surface area contributed by atoms with Crippen molar-refractivity contribution in [3.63, 3.8) is 0 Å². The molecule has 8 heteroatoms. The highest BCUT2D eigenvalue weighted by atomic mass is 16.5. The smallest absolute Gasteiger partial charge is 0.337 e. The van der Waals surface area contributed by atoms with Crippen LogP contribution >= 0.6 is 0 Å². The second-order valence-corrected chi connectivity index (χ2v) is 5.41. The van der Waals surface area contributed by atoms with Crippen LogP contribution in [0.25, 0.3) is 0 Å². The first-order chi connectivity index (χ1) is 13.5. The van der Waals surface area contributed by atoms with Crippen LogP contribution in [0, 0.1) is 11.3 Å². The van der Waals surface area contributed by atoms with Gasteiger partial charge in [-0.15, -0.1) is 0 Å². The number of benzene rings is 2. The molecular weight excluding hydrogens is 362 g/mol. The Morgan fingerprint density at radius 1 is 1.00 bits per heavy atom. The zero-order valence-corrected chi connectivity index (χ0v) is 15.6. The predicted octanol–water partition coefficient (Wildman–Crippen LogP) is 2.95. The minimum atomic E-state index is -0.605. The molecule has 0 heterocycles. The highest BCUT2D eigenvalue weighted by Gasteiger charge is 2.12. The molecule has 0 aliphatic rings. The Bertz CT molecular complexity index is 947. The fourth-order valence-corrected chi connectivity index (χ4v) is 2.27. The molecule has 0 bridgehead atoms. The van der Waals surface area contributed by atoms with Gasteiger partial charge in [0.05, 0.1) is 26.9 Å². The lowest BCUT2D eigenvalue weighted by atomic mass is 10.2. The average molecular weight is 381 g/mol. The molecule has 0 saturated carbocycles. The van der Waals surface area contributed by atoms with Crippen LogP contribution in [0.1, 0.15) is 10.4 Å². The van der Waals surface area contributed by atoms with Crippen molar-refractivity contribution in [2.24, 2.45) is 0 Å². The lowest BCUT2D eigenvalue weighted by Crippen LogP contribution is -2.14. The first-order valence-electron chi connectivity index (χ1n) is 8.11. The van der Waals surface area contributed by atoms with Crippen LogP contribution in [0.5, 0.6) is 11.5 Å². The zero-order valence-electron chi connectivity index (χ0n) is 15.6. The molecule has 0 unspecified atom stereocenters. The fourth-order valence-electron chi connectivity index (χ4n) is 2.27. The normalized spacial score (nSPS) is 10.4. The highest BCUT2D eigenvalue weighted by Crippen LogP contribution is 2.29. The van der Waals surface area contributed by atoms with Crippen LogP contribution in [0.3, 0.4) is 0 Å². The van der Waals surface area contributed by atoms with E-state index in [1.807, 2.05) is 6.07 Å². The van der Waals surface area contributed by atoms with Gasteiger partial charge in [-0.3, -0.25) is 4.79 Å². The maximum atomic E-state index is 12.4. The molecule has 1 amide bonds. The van der Waals surface area contributed by atoms with Crippen molar-refractivity contribution in [2.45, 2.75) is 0 Å². The van der Waals surface area contributed by atoms with Crippen molar-refractivity contribution in [1.82, 2.24) is 0 Å². The number of carbonyl (C=O) groups is 2. The largest absolute Gasteiger partial charge is 0.493 e. The molecule has 0 aliphatic heterocycles. The van der Waals surface area contributed by atoms with Gasteiger partial charge in [0.25, 0.3) is 5.91 Å². The number of amides is 1.